The van der Waals surface area contributed by atoms with Crippen LogP contribution in [-0.2, 0) is 11.3 Å². The summed E-state index contributed by atoms with van der Waals surface area (Å²) < 4.78 is 21.1. The quantitative estimate of drug-likeness (QED) is 0.726. The number of benzene rings is 1. The van der Waals surface area contributed by atoms with Crippen molar-refractivity contribution in [1.82, 2.24) is 0 Å². The van der Waals surface area contributed by atoms with Gasteiger partial charge in [-0.05, 0) is 17.7 Å². The molecule has 96 valence electrons. The molecule has 0 heterocycles. The van der Waals surface area contributed by atoms with Crippen LogP contribution >= 0.6 is 0 Å². The van der Waals surface area contributed by atoms with Gasteiger partial charge in [-0.25, -0.2) is 0 Å². The van der Waals surface area contributed by atoms with Gasteiger partial charge in [0.05, 0.1) is 34.5 Å². The van der Waals surface area contributed by atoms with Gasteiger partial charge in [0, 0.05) is 6.54 Å². The van der Waals surface area contributed by atoms with E-state index >= 15 is 0 Å². The zero-order valence-corrected chi connectivity index (χ0v) is 10.5. The maximum Gasteiger partial charge on any atom is 0.203 e. The third kappa shape index (κ3) is 3.51. The van der Waals surface area contributed by atoms with Crippen LogP contribution < -0.4 is 19.9 Å². The molecule has 5 nitrogen and oxygen atoms in total. The number of hydrogen-bond acceptors (Lipinski definition) is 5. The number of hydrogen-bond donors (Lipinski definition) is 1. The number of nitrogens with two attached hydrogens (primary N) is 1. The average molecular weight is 241 g/mol. The van der Waals surface area contributed by atoms with E-state index in [0.717, 1.165) is 5.56 Å². The Hall–Kier alpha value is -1.46. The smallest absolute Gasteiger partial charge is 0.203 e. The summed E-state index contributed by atoms with van der Waals surface area (Å²) >= 11 is 0. The van der Waals surface area contributed by atoms with Crippen LogP contribution in [0.15, 0.2) is 12.1 Å². The lowest BCUT2D eigenvalue weighted by molar-refractivity contribution is 0.127. The van der Waals surface area contributed by atoms with Crippen LogP contribution in [0.25, 0.3) is 0 Å². The largest absolute Gasteiger partial charge is 0.493 e. The Balaban J connectivity index is 2.92. The fraction of sp³-hybridized carbons (Fsp3) is 0.500. The highest BCUT2D eigenvalue weighted by Gasteiger charge is 2.12. The van der Waals surface area contributed by atoms with Gasteiger partial charge < -0.3 is 24.7 Å². The molecule has 2 N–H and O–H groups in total. The van der Waals surface area contributed by atoms with Crippen LogP contribution in [0.2, 0.25) is 0 Å². The van der Waals surface area contributed by atoms with E-state index in [0.29, 0.717) is 37.0 Å². The maximum atomic E-state index is 5.36. The molecule has 0 fully saturated rings. The van der Waals surface area contributed by atoms with Gasteiger partial charge in [-0.2, -0.15) is 0 Å². The summed E-state index contributed by atoms with van der Waals surface area (Å²) in [5.74, 6) is 1.83. The average Bonchev–Trinajstić information content (AvgIpc) is 2.37. The Bertz CT molecular complexity index is 329. The second kappa shape index (κ2) is 6.98. The second-order valence-electron chi connectivity index (χ2n) is 3.37. The van der Waals surface area contributed by atoms with E-state index in [9.17, 15) is 0 Å². The van der Waals surface area contributed by atoms with E-state index in [4.69, 9.17) is 24.7 Å². The van der Waals surface area contributed by atoms with E-state index in [2.05, 4.69) is 0 Å². The van der Waals surface area contributed by atoms with Crippen molar-refractivity contribution in [3.05, 3.63) is 17.7 Å². The van der Waals surface area contributed by atoms with Gasteiger partial charge in [-0.3, -0.25) is 0 Å². The predicted molar refractivity (Wildman–Crippen MR) is 64.8 cm³/mol. The summed E-state index contributed by atoms with van der Waals surface area (Å²) in [7, 11) is 4.74. The maximum absolute atomic E-state index is 5.36. The fourth-order valence-corrected chi connectivity index (χ4v) is 1.49. The van der Waals surface area contributed by atoms with E-state index in [1.54, 1.807) is 21.3 Å². The molecule has 0 aromatic heterocycles. The SMILES string of the molecule is COc1cc(COCCN)cc(OC)c1OC. The minimum Gasteiger partial charge on any atom is -0.493 e. The summed E-state index contributed by atoms with van der Waals surface area (Å²) in [6.45, 7) is 1.50. The highest BCUT2D eigenvalue weighted by molar-refractivity contribution is 5.53. The molecule has 1 aromatic rings. The van der Waals surface area contributed by atoms with E-state index in [1.807, 2.05) is 12.1 Å². The number of ether oxygens (including phenoxy) is 4. The molecule has 5 heteroatoms. The zero-order valence-electron chi connectivity index (χ0n) is 10.5. The van der Waals surface area contributed by atoms with Gasteiger partial charge in [0.1, 0.15) is 0 Å². The Morgan fingerprint density at radius 2 is 1.59 bits per heavy atom. The van der Waals surface area contributed by atoms with Gasteiger partial charge in [0.2, 0.25) is 5.75 Å². The molecule has 1 aromatic carbocycles. The van der Waals surface area contributed by atoms with E-state index in [1.165, 1.54) is 0 Å². The standard InChI is InChI=1S/C12H19NO4/c1-14-10-6-9(8-17-5-4-13)7-11(15-2)12(10)16-3/h6-7H,4-5,8,13H2,1-3H3. The second-order valence-corrected chi connectivity index (χ2v) is 3.37. The summed E-state index contributed by atoms with van der Waals surface area (Å²) in [5, 5.41) is 0. The Kier molecular flexibility index (Phi) is 5.59. The molecule has 0 atom stereocenters. The lowest BCUT2D eigenvalue weighted by atomic mass is 10.2. The fourth-order valence-electron chi connectivity index (χ4n) is 1.49. The first kappa shape index (κ1) is 13.6. The molecule has 0 aliphatic heterocycles. The van der Waals surface area contributed by atoms with Crippen molar-refractivity contribution in [2.24, 2.45) is 5.73 Å². The van der Waals surface area contributed by atoms with E-state index < -0.39 is 0 Å². The van der Waals surface area contributed by atoms with Crippen LogP contribution in [0.5, 0.6) is 17.2 Å². The Morgan fingerprint density at radius 3 is 2.00 bits per heavy atom. The van der Waals surface area contributed by atoms with Crippen molar-refractivity contribution in [3.63, 3.8) is 0 Å². The topological polar surface area (TPSA) is 62.9 Å². The first-order valence-electron chi connectivity index (χ1n) is 5.33. The van der Waals surface area contributed by atoms with Crippen molar-refractivity contribution < 1.29 is 18.9 Å². The van der Waals surface area contributed by atoms with Crippen LogP contribution in [-0.4, -0.2) is 34.5 Å². The van der Waals surface area contributed by atoms with Crippen LogP contribution in [0.4, 0.5) is 0 Å². The third-order valence-corrected chi connectivity index (χ3v) is 2.26. The third-order valence-electron chi connectivity index (χ3n) is 2.26. The lowest BCUT2D eigenvalue weighted by Gasteiger charge is -2.14. The Labute approximate surface area is 101 Å². The first-order valence-corrected chi connectivity index (χ1v) is 5.33. The molecule has 0 unspecified atom stereocenters. The van der Waals surface area contributed by atoms with Crippen molar-refractivity contribution in [1.29, 1.82) is 0 Å². The van der Waals surface area contributed by atoms with Crippen LogP contribution in [0, 0.1) is 0 Å². The predicted octanol–water partition coefficient (Wildman–Crippen LogP) is 1.19. The minimum absolute atomic E-state index is 0.466. The molecule has 0 saturated carbocycles. The number of methoxy groups -OCH3 is 3. The van der Waals surface area contributed by atoms with Crippen molar-refractivity contribution in [3.8, 4) is 17.2 Å². The van der Waals surface area contributed by atoms with Gasteiger partial charge in [0.15, 0.2) is 11.5 Å². The molecular formula is C12H19NO4. The normalized spacial score (nSPS) is 10.1. The molecule has 0 saturated heterocycles. The minimum atomic E-state index is 0.466. The zero-order chi connectivity index (χ0) is 12.7. The highest BCUT2D eigenvalue weighted by Crippen LogP contribution is 2.38. The highest BCUT2D eigenvalue weighted by atomic mass is 16.5. The van der Waals surface area contributed by atoms with Crippen LogP contribution in [0.1, 0.15) is 5.56 Å². The monoisotopic (exact) mass is 241 g/mol. The molecule has 0 amide bonds. The summed E-state index contributed by atoms with van der Waals surface area (Å²) in [6.07, 6.45) is 0. The van der Waals surface area contributed by atoms with Gasteiger partial charge in [-0.1, -0.05) is 0 Å². The van der Waals surface area contributed by atoms with Gasteiger partial charge in [0.25, 0.3) is 0 Å². The van der Waals surface area contributed by atoms with Crippen LogP contribution in [0.3, 0.4) is 0 Å². The molecule has 17 heavy (non-hydrogen) atoms. The summed E-state index contributed by atoms with van der Waals surface area (Å²) in [5.41, 5.74) is 6.31. The molecule has 0 radical (unpaired) electrons. The molecule has 0 aliphatic rings. The van der Waals surface area contributed by atoms with Crippen molar-refractivity contribution in [2.75, 3.05) is 34.5 Å². The molecule has 0 aliphatic carbocycles. The number of rotatable bonds is 7. The first-order chi connectivity index (χ1) is 8.26. The summed E-state index contributed by atoms with van der Waals surface area (Å²) in [6, 6.07) is 3.72. The molecular weight excluding hydrogens is 222 g/mol. The van der Waals surface area contributed by atoms with Crippen molar-refractivity contribution >= 4 is 0 Å². The lowest BCUT2D eigenvalue weighted by Crippen LogP contribution is -2.08. The molecule has 0 bridgehead atoms. The summed E-state index contributed by atoms with van der Waals surface area (Å²) in [4.78, 5) is 0. The van der Waals surface area contributed by atoms with Crippen molar-refractivity contribution in [2.45, 2.75) is 6.61 Å². The molecule has 0 spiro atoms. The van der Waals surface area contributed by atoms with Gasteiger partial charge >= 0.3 is 0 Å². The molecule has 1 rings (SSSR count). The Morgan fingerprint density at radius 1 is 1.00 bits per heavy atom. The van der Waals surface area contributed by atoms with Gasteiger partial charge in [-0.15, -0.1) is 0 Å². The van der Waals surface area contributed by atoms with E-state index in [-0.39, 0.29) is 0 Å².